The summed E-state index contributed by atoms with van der Waals surface area (Å²) in [5.41, 5.74) is 9.42. The van der Waals surface area contributed by atoms with Gasteiger partial charge >= 0.3 is 0 Å². The van der Waals surface area contributed by atoms with Gasteiger partial charge in [-0.1, -0.05) is 74.7 Å². The van der Waals surface area contributed by atoms with Gasteiger partial charge < -0.3 is 25.8 Å². The Morgan fingerprint density at radius 3 is 2.21 bits per heavy atom. The van der Waals surface area contributed by atoms with Crippen LogP contribution in [-0.4, -0.2) is 43.8 Å². The van der Waals surface area contributed by atoms with E-state index in [1.165, 1.54) is 0 Å². The topological polar surface area (TPSA) is 100 Å². The molecule has 0 fully saturated rings. The Labute approximate surface area is 266 Å². The fraction of sp³-hybridized carbons (Fsp3) is 0.231. The maximum absolute atomic E-state index is 12.3. The van der Waals surface area contributed by atoms with Crippen molar-refractivity contribution in [3.8, 4) is 0 Å². The molecular formula is C26H27Cl2N3O4S2Y-2. The third-order valence-electron chi connectivity index (χ3n) is 4.45. The summed E-state index contributed by atoms with van der Waals surface area (Å²) in [5.74, 6) is 1.54. The van der Waals surface area contributed by atoms with Gasteiger partial charge in [-0.15, -0.1) is 12.1 Å². The summed E-state index contributed by atoms with van der Waals surface area (Å²) in [5, 5.41) is 7.14. The fourth-order valence-corrected chi connectivity index (χ4v) is 5.03. The molecule has 38 heavy (non-hydrogen) atoms. The van der Waals surface area contributed by atoms with Crippen LogP contribution in [0.25, 0.3) is 5.73 Å². The molecule has 0 bridgehead atoms. The number of methoxy groups -OCH3 is 1. The number of nitrogens with one attached hydrogen (secondary N) is 3. The van der Waals surface area contributed by atoms with Gasteiger partial charge in [0.15, 0.2) is 0 Å². The first-order chi connectivity index (χ1) is 17.9. The molecule has 0 spiro atoms. The largest absolute Gasteiger partial charge is 0.632 e. The molecule has 2 amide bonds. The Bertz CT molecular complexity index is 1110. The standard InChI is InChI=1S/C20H15Cl2N2O.C6H13NO3S2.Y/c21-16-10-6-11-17(22)20(16)24-18-12-5-4-7-14(18)13-19(25)23-15-8-2-1-3-9-15;1-9-2-4-11-12-5-3-10-6(7)8;/h2-12,24H,13H2,(H,23,25);2-5H2,1H3,(H2,7,8);/q-1;;/p-1. The molecule has 0 atom stereocenters. The number of benzene rings is 3. The number of hydrogen-bond acceptors (Lipinski definition) is 7. The predicted molar refractivity (Wildman–Crippen MR) is 156 cm³/mol. The first kappa shape index (κ1) is 34.6. The first-order valence-electron chi connectivity index (χ1n) is 11.1. The van der Waals surface area contributed by atoms with Gasteiger partial charge in [0.2, 0.25) is 12.0 Å². The number of para-hydroxylation sites is 2. The molecule has 0 aliphatic heterocycles. The Kier molecular flexibility index (Phi) is 18.6. The summed E-state index contributed by atoms with van der Waals surface area (Å²) in [4.78, 5) is 22.3. The predicted octanol–water partition coefficient (Wildman–Crippen LogP) is 7.92. The van der Waals surface area contributed by atoms with Crippen LogP contribution in [0.15, 0.2) is 66.7 Å². The number of rotatable bonds is 12. The van der Waals surface area contributed by atoms with Crippen molar-refractivity contribution in [3.63, 3.8) is 0 Å². The maximum atomic E-state index is 12.3. The van der Waals surface area contributed by atoms with Crippen LogP contribution in [0.5, 0.6) is 0 Å². The van der Waals surface area contributed by atoms with Gasteiger partial charge in [-0.25, -0.2) is 0 Å². The van der Waals surface area contributed by atoms with Crippen molar-refractivity contribution in [2.45, 2.75) is 6.42 Å². The maximum Gasteiger partial charge on any atom is 0.227 e. The van der Waals surface area contributed by atoms with Crippen molar-refractivity contribution in [2.24, 2.45) is 0 Å². The second-order valence-corrected chi connectivity index (χ2v) is 10.7. The number of carbonyl (C=O) groups excluding carboxylic acids is 2. The van der Waals surface area contributed by atoms with E-state index in [9.17, 15) is 9.59 Å². The van der Waals surface area contributed by atoms with E-state index < -0.39 is 6.09 Å². The minimum atomic E-state index is -0.961. The first-order valence-corrected chi connectivity index (χ1v) is 14.3. The molecule has 7 nitrogen and oxygen atoms in total. The molecule has 0 heterocycles. The third-order valence-corrected chi connectivity index (χ3v) is 7.41. The van der Waals surface area contributed by atoms with Gasteiger partial charge in [0, 0.05) is 57.0 Å². The molecule has 0 aliphatic rings. The zero-order chi connectivity index (χ0) is 26.9. The van der Waals surface area contributed by atoms with Crippen LogP contribution < -0.4 is 10.6 Å². The minimum absolute atomic E-state index is 0. The monoisotopic (exact) mass is 668 g/mol. The summed E-state index contributed by atoms with van der Waals surface area (Å²) < 4.78 is 9.25. The van der Waals surface area contributed by atoms with Gasteiger partial charge in [-0.2, -0.15) is 18.2 Å². The Hall–Kier alpha value is -1.46. The van der Waals surface area contributed by atoms with Crippen molar-refractivity contribution in [3.05, 3.63) is 94.1 Å². The van der Waals surface area contributed by atoms with Crippen LogP contribution >= 0.6 is 44.8 Å². The minimum Gasteiger partial charge on any atom is -0.632 e. The molecule has 0 aliphatic carbocycles. The van der Waals surface area contributed by atoms with Crippen molar-refractivity contribution in [2.75, 3.05) is 42.5 Å². The molecule has 3 aromatic rings. The molecule has 0 aromatic heterocycles. The zero-order valence-electron chi connectivity index (χ0n) is 20.7. The average Bonchev–Trinajstić information content (AvgIpc) is 2.87. The van der Waals surface area contributed by atoms with Gasteiger partial charge in [-0.05, 0) is 23.8 Å². The molecule has 201 valence electrons. The molecule has 0 saturated heterocycles. The van der Waals surface area contributed by atoms with Crippen molar-refractivity contribution in [1.82, 2.24) is 0 Å². The van der Waals surface area contributed by atoms with E-state index in [2.05, 4.69) is 21.4 Å². The molecule has 0 unspecified atom stereocenters. The van der Waals surface area contributed by atoms with Crippen LogP contribution in [0.4, 0.5) is 21.9 Å². The Morgan fingerprint density at radius 2 is 1.58 bits per heavy atom. The van der Waals surface area contributed by atoms with Crippen molar-refractivity contribution < 1.29 is 51.8 Å². The molecule has 12 heteroatoms. The second-order valence-electron chi connectivity index (χ2n) is 7.17. The number of halogens is 2. The number of hydrogen-bond donors (Lipinski definition) is 2. The summed E-state index contributed by atoms with van der Waals surface area (Å²) in [6.07, 6.45) is -0.735. The Balaban J connectivity index is 0.000000475. The quantitative estimate of drug-likeness (QED) is 0.115. The summed E-state index contributed by atoms with van der Waals surface area (Å²) in [6.45, 7) is 1.04. The molecule has 1 radical (unpaired) electrons. The van der Waals surface area contributed by atoms with E-state index in [1.807, 2.05) is 24.3 Å². The van der Waals surface area contributed by atoms with Crippen LogP contribution in [-0.2, 0) is 53.4 Å². The van der Waals surface area contributed by atoms with Crippen LogP contribution in [0, 0.1) is 6.07 Å². The number of anilines is 3. The van der Waals surface area contributed by atoms with Crippen LogP contribution in [0.1, 0.15) is 5.56 Å². The SMILES string of the molecule is COCCSSCCOC([NH-])=O.O=C(Cc1ccccc1Nc1c(Cl)cccc1Cl)Nc1cc[c-]cc1.[Y]. The van der Waals surface area contributed by atoms with Crippen molar-refractivity contribution in [1.29, 1.82) is 0 Å². The van der Waals surface area contributed by atoms with E-state index in [0.717, 1.165) is 35.1 Å². The Morgan fingerprint density at radius 1 is 0.947 bits per heavy atom. The molecule has 3 rings (SSSR count). The molecule has 0 saturated carbocycles. The third kappa shape index (κ3) is 14.1. The fourth-order valence-electron chi connectivity index (χ4n) is 2.80. The van der Waals surface area contributed by atoms with E-state index in [0.29, 0.717) is 22.3 Å². The van der Waals surface area contributed by atoms with E-state index in [-0.39, 0.29) is 45.0 Å². The van der Waals surface area contributed by atoms with Crippen LogP contribution in [0.3, 0.4) is 0 Å². The number of amides is 2. The molecule has 3 aromatic carbocycles. The normalized spacial score (nSPS) is 9.87. The number of carbonyl (C=O) groups is 2. The second kappa shape index (κ2) is 20.4. The number of ether oxygens (including phenoxy) is 2. The zero-order valence-corrected chi connectivity index (χ0v) is 26.7. The van der Waals surface area contributed by atoms with Gasteiger partial charge in [0.1, 0.15) is 0 Å². The van der Waals surface area contributed by atoms with Crippen LogP contribution in [0.2, 0.25) is 10.0 Å². The summed E-state index contributed by atoms with van der Waals surface area (Å²) >= 11 is 12.4. The smallest absolute Gasteiger partial charge is 0.227 e. The van der Waals surface area contributed by atoms with E-state index in [4.69, 9.17) is 33.7 Å². The average molecular weight is 669 g/mol. The van der Waals surface area contributed by atoms with Gasteiger partial charge in [-0.3, -0.25) is 9.59 Å². The van der Waals surface area contributed by atoms with Gasteiger partial charge in [0.25, 0.3) is 0 Å². The van der Waals surface area contributed by atoms with Gasteiger partial charge in [0.05, 0.1) is 35.4 Å². The van der Waals surface area contributed by atoms with E-state index >= 15 is 0 Å². The van der Waals surface area contributed by atoms with Crippen molar-refractivity contribution >= 4 is 73.9 Å². The van der Waals surface area contributed by atoms with E-state index in [1.54, 1.807) is 71.2 Å². The molecule has 3 N–H and O–H groups in total. The molecular weight excluding hydrogens is 642 g/mol. The summed E-state index contributed by atoms with van der Waals surface area (Å²) in [6, 6.07) is 22.9. The summed E-state index contributed by atoms with van der Waals surface area (Å²) in [7, 11) is 4.94.